The fourth-order valence-corrected chi connectivity index (χ4v) is 1.04. The highest BCUT2D eigenvalue weighted by molar-refractivity contribution is 5.90. The van der Waals surface area contributed by atoms with Gasteiger partial charge in [0.2, 0.25) is 0 Å². The molecule has 0 saturated heterocycles. The Morgan fingerprint density at radius 2 is 2.13 bits per heavy atom. The van der Waals surface area contributed by atoms with E-state index in [9.17, 15) is 9.90 Å². The standard InChI is InChI=1S/C10H14N2O3/c1-12(6-7-13)10(15)11-8-4-2-3-5-9(8)14/h2-5,13-14H,6-7H2,1H3,(H,11,15). The summed E-state index contributed by atoms with van der Waals surface area (Å²) in [6, 6.07) is 6.09. The van der Waals surface area contributed by atoms with Crippen LogP contribution >= 0.6 is 0 Å². The van der Waals surface area contributed by atoms with Crippen LogP contribution < -0.4 is 5.32 Å². The summed E-state index contributed by atoms with van der Waals surface area (Å²) in [5.74, 6) is 0.0169. The van der Waals surface area contributed by atoms with Crippen LogP contribution in [0.5, 0.6) is 5.75 Å². The fraction of sp³-hybridized carbons (Fsp3) is 0.300. The number of aliphatic hydroxyl groups is 1. The molecule has 0 aliphatic rings. The SMILES string of the molecule is CN(CCO)C(=O)Nc1ccccc1O. The Morgan fingerprint density at radius 1 is 1.47 bits per heavy atom. The number of nitrogens with one attached hydrogen (secondary N) is 1. The molecule has 2 amide bonds. The lowest BCUT2D eigenvalue weighted by molar-refractivity contribution is 0.202. The number of hydrogen-bond acceptors (Lipinski definition) is 3. The first-order chi connectivity index (χ1) is 7.15. The van der Waals surface area contributed by atoms with E-state index in [0.29, 0.717) is 5.69 Å². The lowest BCUT2D eigenvalue weighted by Gasteiger charge is -2.16. The van der Waals surface area contributed by atoms with Gasteiger partial charge in [-0.2, -0.15) is 0 Å². The molecule has 1 rings (SSSR count). The monoisotopic (exact) mass is 210 g/mol. The summed E-state index contributed by atoms with van der Waals surface area (Å²) in [5.41, 5.74) is 0.354. The van der Waals surface area contributed by atoms with E-state index in [2.05, 4.69) is 5.32 Å². The zero-order chi connectivity index (χ0) is 11.3. The maximum absolute atomic E-state index is 11.4. The quantitative estimate of drug-likeness (QED) is 0.647. The first kappa shape index (κ1) is 11.3. The molecule has 0 fully saturated rings. The van der Waals surface area contributed by atoms with Gasteiger partial charge in [-0.15, -0.1) is 0 Å². The van der Waals surface area contributed by atoms with Crippen LogP contribution in [0, 0.1) is 0 Å². The van der Waals surface area contributed by atoms with Crippen LogP contribution in [0.4, 0.5) is 10.5 Å². The summed E-state index contributed by atoms with van der Waals surface area (Å²) in [6.07, 6.45) is 0. The van der Waals surface area contributed by atoms with Gasteiger partial charge in [-0.3, -0.25) is 0 Å². The average Bonchev–Trinajstić information content (AvgIpc) is 2.21. The van der Waals surface area contributed by atoms with Gasteiger partial charge in [0, 0.05) is 13.6 Å². The molecule has 0 aliphatic heterocycles. The van der Waals surface area contributed by atoms with Gasteiger partial charge in [0.25, 0.3) is 0 Å². The number of aromatic hydroxyl groups is 1. The molecule has 1 aromatic carbocycles. The van der Waals surface area contributed by atoms with E-state index in [-0.39, 0.29) is 24.9 Å². The number of amides is 2. The third-order valence-corrected chi connectivity index (χ3v) is 1.93. The van der Waals surface area contributed by atoms with E-state index >= 15 is 0 Å². The predicted octanol–water partition coefficient (Wildman–Crippen LogP) is 0.848. The van der Waals surface area contributed by atoms with Crippen LogP contribution in [0.2, 0.25) is 0 Å². The summed E-state index contributed by atoms with van der Waals surface area (Å²) >= 11 is 0. The highest BCUT2D eigenvalue weighted by Gasteiger charge is 2.09. The van der Waals surface area contributed by atoms with E-state index in [1.807, 2.05) is 0 Å². The number of phenols is 1. The summed E-state index contributed by atoms with van der Waals surface area (Å²) in [4.78, 5) is 12.8. The van der Waals surface area contributed by atoms with E-state index in [4.69, 9.17) is 5.11 Å². The minimum atomic E-state index is -0.370. The number of carbonyl (C=O) groups is 1. The molecular weight excluding hydrogens is 196 g/mol. The topological polar surface area (TPSA) is 72.8 Å². The molecule has 0 spiro atoms. The molecule has 0 aromatic heterocycles. The predicted molar refractivity (Wildman–Crippen MR) is 56.8 cm³/mol. The average molecular weight is 210 g/mol. The van der Waals surface area contributed by atoms with Crippen LogP contribution in [0.1, 0.15) is 0 Å². The molecule has 5 heteroatoms. The van der Waals surface area contributed by atoms with Gasteiger partial charge in [-0.25, -0.2) is 4.79 Å². The second kappa shape index (κ2) is 5.21. The highest BCUT2D eigenvalue weighted by Crippen LogP contribution is 2.21. The first-order valence-electron chi connectivity index (χ1n) is 4.56. The van der Waals surface area contributed by atoms with Crippen LogP contribution in [0.25, 0.3) is 0 Å². The number of para-hydroxylation sites is 2. The van der Waals surface area contributed by atoms with Crippen LogP contribution in [-0.2, 0) is 0 Å². The third-order valence-electron chi connectivity index (χ3n) is 1.93. The number of benzene rings is 1. The maximum atomic E-state index is 11.4. The minimum absolute atomic E-state index is 0.0169. The van der Waals surface area contributed by atoms with Crippen LogP contribution in [-0.4, -0.2) is 41.3 Å². The molecule has 0 atom stereocenters. The van der Waals surface area contributed by atoms with Gasteiger partial charge in [-0.05, 0) is 12.1 Å². The second-order valence-corrected chi connectivity index (χ2v) is 3.09. The molecule has 0 radical (unpaired) electrons. The Kier molecular flexibility index (Phi) is 3.93. The Bertz CT molecular complexity index is 341. The number of rotatable bonds is 3. The summed E-state index contributed by atoms with van der Waals surface area (Å²) in [6.45, 7) is 0.157. The lowest BCUT2D eigenvalue weighted by atomic mass is 10.3. The maximum Gasteiger partial charge on any atom is 0.321 e. The van der Waals surface area contributed by atoms with Gasteiger partial charge < -0.3 is 20.4 Å². The molecule has 5 nitrogen and oxygen atoms in total. The number of likely N-dealkylation sites (N-methyl/N-ethyl adjacent to an activating group) is 1. The molecule has 0 bridgehead atoms. The Hall–Kier alpha value is -1.75. The molecule has 3 N–H and O–H groups in total. The van der Waals surface area contributed by atoms with Crippen molar-refractivity contribution in [3.8, 4) is 5.75 Å². The van der Waals surface area contributed by atoms with Crippen molar-refractivity contribution in [1.82, 2.24) is 4.90 Å². The van der Waals surface area contributed by atoms with Crippen molar-refractivity contribution >= 4 is 11.7 Å². The molecule has 1 aromatic rings. The van der Waals surface area contributed by atoms with Crippen molar-refractivity contribution in [1.29, 1.82) is 0 Å². The van der Waals surface area contributed by atoms with Gasteiger partial charge in [-0.1, -0.05) is 12.1 Å². The molecular formula is C10H14N2O3. The first-order valence-corrected chi connectivity index (χ1v) is 4.56. The van der Waals surface area contributed by atoms with Crippen molar-refractivity contribution in [3.63, 3.8) is 0 Å². The van der Waals surface area contributed by atoms with Crippen molar-refractivity contribution in [2.75, 3.05) is 25.5 Å². The van der Waals surface area contributed by atoms with Gasteiger partial charge >= 0.3 is 6.03 Å². The van der Waals surface area contributed by atoms with Crippen molar-refractivity contribution in [2.24, 2.45) is 0 Å². The van der Waals surface area contributed by atoms with E-state index < -0.39 is 0 Å². The van der Waals surface area contributed by atoms with Crippen molar-refractivity contribution < 1.29 is 15.0 Å². The van der Waals surface area contributed by atoms with E-state index in [0.717, 1.165) is 0 Å². The Balaban J connectivity index is 2.62. The number of anilines is 1. The lowest BCUT2D eigenvalue weighted by Crippen LogP contribution is -2.33. The molecule has 0 saturated carbocycles. The van der Waals surface area contributed by atoms with Gasteiger partial charge in [0.1, 0.15) is 5.75 Å². The van der Waals surface area contributed by atoms with Crippen LogP contribution in [0.15, 0.2) is 24.3 Å². The van der Waals surface area contributed by atoms with Crippen molar-refractivity contribution in [2.45, 2.75) is 0 Å². The van der Waals surface area contributed by atoms with E-state index in [1.54, 1.807) is 25.2 Å². The Labute approximate surface area is 88.0 Å². The third kappa shape index (κ3) is 3.14. The summed E-state index contributed by atoms with van der Waals surface area (Å²) in [7, 11) is 1.56. The van der Waals surface area contributed by atoms with Crippen LogP contribution in [0.3, 0.4) is 0 Å². The largest absolute Gasteiger partial charge is 0.506 e. The van der Waals surface area contributed by atoms with E-state index in [1.165, 1.54) is 11.0 Å². The smallest absolute Gasteiger partial charge is 0.321 e. The summed E-state index contributed by atoms with van der Waals surface area (Å²) < 4.78 is 0. The molecule has 0 aliphatic carbocycles. The Morgan fingerprint density at radius 3 is 2.73 bits per heavy atom. The minimum Gasteiger partial charge on any atom is -0.506 e. The fourth-order valence-electron chi connectivity index (χ4n) is 1.04. The van der Waals surface area contributed by atoms with Crippen molar-refractivity contribution in [3.05, 3.63) is 24.3 Å². The number of carbonyl (C=O) groups excluding carboxylic acids is 1. The number of hydrogen-bond donors (Lipinski definition) is 3. The number of urea groups is 1. The highest BCUT2D eigenvalue weighted by atomic mass is 16.3. The van der Waals surface area contributed by atoms with Gasteiger partial charge in [0.15, 0.2) is 0 Å². The number of phenolic OH excluding ortho intramolecular Hbond substituents is 1. The van der Waals surface area contributed by atoms with Gasteiger partial charge in [0.05, 0.1) is 12.3 Å². The molecule has 0 unspecified atom stereocenters. The summed E-state index contributed by atoms with van der Waals surface area (Å²) in [5, 5.41) is 20.5. The number of aliphatic hydroxyl groups excluding tert-OH is 1. The molecule has 0 heterocycles. The number of nitrogens with zero attached hydrogens (tertiary/aromatic N) is 1. The molecule has 15 heavy (non-hydrogen) atoms. The zero-order valence-electron chi connectivity index (χ0n) is 8.47. The second-order valence-electron chi connectivity index (χ2n) is 3.09. The normalized spacial score (nSPS) is 9.73. The zero-order valence-corrected chi connectivity index (χ0v) is 8.47. The molecule has 82 valence electrons.